The second-order valence-electron chi connectivity index (χ2n) is 4.04. The second-order valence-corrected chi connectivity index (χ2v) is 4.47. The Morgan fingerprint density at radius 2 is 2.05 bits per heavy atom. The van der Waals surface area contributed by atoms with E-state index in [1.54, 1.807) is 18.2 Å². The van der Waals surface area contributed by atoms with E-state index in [-0.39, 0.29) is 5.56 Å². The fourth-order valence-corrected chi connectivity index (χ4v) is 2.30. The topological polar surface area (TPSA) is 57.2 Å². The van der Waals surface area contributed by atoms with Crippen LogP contribution in [0.2, 0.25) is 5.02 Å². The Labute approximate surface area is 115 Å². The highest BCUT2D eigenvalue weighted by Crippen LogP contribution is 2.30. The zero-order chi connectivity index (χ0) is 14.0. The van der Waals surface area contributed by atoms with Crippen LogP contribution in [0.5, 0.6) is 0 Å². The van der Waals surface area contributed by atoms with E-state index in [0.717, 1.165) is 0 Å². The van der Waals surface area contributed by atoms with Crippen molar-refractivity contribution in [3.8, 4) is 6.07 Å². The molecule has 0 saturated heterocycles. The van der Waals surface area contributed by atoms with E-state index in [0.29, 0.717) is 34.8 Å². The Morgan fingerprint density at radius 1 is 1.37 bits per heavy atom. The summed E-state index contributed by atoms with van der Waals surface area (Å²) < 4.78 is 5.16. The van der Waals surface area contributed by atoms with Crippen LogP contribution < -0.4 is 10.5 Å². The molecule has 0 unspecified atom stereocenters. The largest absolute Gasteiger partial charge is 0.422 e. The SMILES string of the molecule is CCN(CC)c1c(C#N)c(=O)oc2ccc(Cl)cc12. The summed E-state index contributed by atoms with van der Waals surface area (Å²) >= 11 is 6.00. The highest BCUT2D eigenvalue weighted by atomic mass is 35.5. The Bertz CT molecular complexity index is 712. The van der Waals surface area contributed by atoms with Crippen LogP contribution in [0, 0.1) is 11.3 Å². The number of nitriles is 1. The molecule has 0 amide bonds. The molecule has 0 atom stereocenters. The maximum Gasteiger partial charge on any atom is 0.356 e. The third-order valence-electron chi connectivity index (χ3n) is 3.03. The van der Waals surface area contributed by atoms with Gasteiger partial charge in [-0.3, -0.25) is 0 Å². The number of hydrogen-bond donors (Lipinski definition) is 0. The lowest BCUT2D eigenvalue weighted by Crippen LogP contribution is -2.25. The molecule has 0 aliphatic rings. The summed E-state index contributed by atoms with van der Waals surface area (Å²) in [7, 11) is 0. The van der Waals surface area contributed by atoms with Gasteiger partial charge in [-0.05, 0) is 32.0 Å². The summed E-state index contributed by atoms with van der Waals surface area (Å²) in [5, 5.41) is 10.4. The normalized spacial score (nSPS) is 10.4. The summed E-state index contributed by atoms with van der Waals surface area (Å²) in [5.74, 6) is 0. The van der Waals surface area contributed by atoms with Crippen molar-refractivity contribution in [2.75, 3.05) is 18.0 Å². The summed E-state index contributed by atoms with van der Waals surface area (Å²) in [6.45, 7) is 5.32. The summed E-state index contributed by atoms with van der Waals surface area (Å²) in [6.07, 6.45) is 0. The molecule has 98 valence electrons. The number of benzene rings is 1. The van der Waals surface area contributed by atoms with Gasteiger partial charge in [0.1, 0.15) is 11.7 Å². The minimum absolute atomic E-state index is 0.0264. The van der Waals surface area contributed by atoms with E-state index >= 15 is 0 Å². The monoisotopic (exact) mass is 276 g/mol. The van der Waals surface area contributed by atoms with Crippen LogP contribution >= 0.6 is 11.6 Å². The van der Waals surface area contributed by atoms with E-state index in [1.807, 2.05) is 24.8 Å². The lowest BCUT2D eigenvalue weighted by molar-refractivity contribution is 0.558. The lowest BCUT2D eigenvalue weighted by atomic mass is 10.1. The van der Waals surface area contributed by atoms with Crippen molar-refractivity contribution in [2.24, 2.45) is 0 Å². The number of fused-ring (bicyclic) bond motifs is 1. The maximum atomic E-state index is 11.9. The summed E-state index contributed by atoms with van der Waals surface area (Å²) in [6, 6.07) is 6.95. The van der Waals surface area contributed by atoms with Gasteiger partial charge in [-0.1, -0.05) is 11.6 Å². The van der Waals surface area contributed by atoms with E-state index in [4.69, 9.17) is 16.0 Å². The fourth-order valence-electron chi connectivity index (χ4n) is 2.13. The predicted octanol–water partition coefficient (Wildman–Crippen LogP) is 3.16. The number of anilines is 1. The van der Waals surface area contributed by atoms with Crippen molar-refractivity contribution in [3.63, 3.8) is 0 Å². The van der Waals surface area contributed by atoms with Crippen molar-refractivity contribution in [1.82, 2.24) is 0 Å². The number of nitrogens with zero attached hydrogens (tertiary/aromatic N) is 2. The molecule has 0 aliphatic heterocycles. The van der Waals surface area contributed by atoms with Crippen molar-refractivity contribution in [2.45, 2.75) is 13.8 Å². The van der Waals surface area contributed by atoms with Crippen LogP contribution in [0.25, 0.3) is 11.0 Å². The zero-order valence-electron chi connectivity index (χ0n) is 10.7. The molecule has 0 fully saturated rings. The first-order valence-corrected chi connectivity index (χ1v) is 6.41. The molecule has 1 aromatic carbocycles. The number of halogens is 1. The number of hydrogen-bond acceptors (Lipinski definition) is 4. The van der Waals surface area contributed by atoms with Gasteiger partial charge in [0.05, 0.1) is 5.69 Å². The van der Waals surface area contributed by atoms with Crippen LogP contribution in [0.1, 0.15) is 19.4 Å². The van der Waals surface area contributed by atoms with E-state index in [1.165, 1.54) is 0 Å². The van der Waals surface area contributed by atoms with Gasteiger partial charge in [0.15, 0.2) is 5.56 Å². The Hall–Kier alpha value is -1.99. The van der Waals surface area contributed by atoms with Crippen LogP contribution in [-0.4, -0.2) is 13.1 Å². The highest BCUT2D eigenvalue weighted by Gasteiger charge is 2.18. The van der Waals surface area contributed by atoms with Crippen LogP contribution in [0.4, 0.5) is 5.69 Å². The van der Waals surface area contributed by atoms with Crippen LogP contribution in [-0.2, 0) is 0 Å². The Balaban J connectivity index is 2.93. The van der Waals surface area contributed by atoms with Gasteiger partial charge in [0.25, 0.3) is 0 Å². The molecule has 19 heavy (non-hydrogen) atoms. The first-order chi connectivity index (χ1) is 9.12. The molecular formula is C14H13ClN2O2. The minimum Gasteiger partial charge on any atom is -0.422 e. The average Bonchev–Trinajstić information content (AvgIpc) is 2.40. The smallest absolute Gasteiger partial charge is 0.356 e. The first-order valence-electron chi connectivity index (χ1n) is 6.03. The number of rotatable bonds is 3. The van der Waals surface area contributed by atoms with E-state index in [9.17, 15) is 10.1 Å². The van der Waals surface area contributed by atoms with Crippen LogP contribution in [0.15, 0.2) is 27.4 Å². The predicted molar refractivity (Wildman–Crippen MR) is 75.8 cm³/mol. The van der Waals surface area contributed by atoms with Crippen LogP contribution in [0.3, 0.4) is 0 Å². The minimum atomic E-state index is -0.612. The molecule has 2 rings (SSSR count). The molecule has 0 spiro atoms. The maximum absolute atomic E-state index is 11.9. The van der Waals surface area contributed by atoms with Crippen molar-refractivity contribution < 1.29 is 4.42 Å². The van der Waals surface area contributed by atoms with Gasteiger partial charge in [0, 0.05) is 23.5 Å². The molecule has 0 bridgehead atoms. The van der Waals surface area contributed by atoms with Gasteiger partial charge in [-0.2, -0.15) is 5.26 Å². The molecule has 4 nitrogen and oxygen atoms in total. The quantitative estimate of drug-likeness (QED) is 0.808. The van der Waals surface area contributed by atoms with Gasteiger partial charge < -0.3 is 9.32 Å². The first kappa shape index (κ1) is 13.4. The molecule has 5 heteroatoms. The van der Waals surface area contributed by atoms with Gasteiger partial charge >= 0.3 is 5.63 Å². The summed E-state index contributed by atoms with van der Waals surface area (Å²) in [4.78, 5) is 13.8. The third kappa shape index (κ3) is 2.29. The zero-order valence-corrected chi connectivity index (χ0v) is 11.5. The lowest BCUT2D eigenvalue weighted by Gasteiger charge is -2.23. The molecule has 0 radical (unpaired) electrons. The Morgan fingerprint density at radius 3 is 2.63 bits per heavy atom. The molecule has 0 N–H and O–H groups in total. The van der Waals surface area contributed by atoms with Crippen molar-refractivity contribution in [1.29, 1.82) is 5.26 Å². The van der Waals surface area contributed by atoms with Crippen molar-refractivity contribution >= 4 is 28.3 Å². The fraction of sp³-hybridized carbons (Fsp3) is 0.286. The molecule has 0 aliphatic carbocycles. The van der Waals surface area contributed by atoms with Crippen molar-refractivity contribution in [3.05, 3.63) is 39.2 Å². The Kier molecular flexibility index (Phi) is 3.77. The third-order valence-corrected chi connectivity index (χ3v) is 3.27. The van der Waals surface area contributed by atoms with E-state index in [2.05, 4.69) is 0 Å². The highest BCUT2D eigenvalue weighted by molar-refractivity contribution is 6.31. The average molecular weight is 277 g/mol. The standard InChI is InChI=1S/C14H13ClN2O2/c1-3-17(4-2)13-10-7-9(15)5-6-12(10)19-14(18)11(13)8-16/h5-7H,3-4H2,1-2H3. The van der Waals surface area contributed by atoms with E-state index < -0.39 is 5.63 Å². The summed E-state index contributed by atoms with van der Waals surface area (Å²) in [5.41, 5.74) is 0.453. The molecule has 0 saturated carbocycles. The second kappa shape index (κ2) is 5.33. The molecule has 1 heterocycles. The van der Waals surface area contributed by atoms with Gasteiger partial charge in [-0.25, -0.2) is 4.79 Å². The molecular weight excluding hydrogens is 264 g/mol. The van der Waals surface area contributed by atoms with Gasteiger partial charge in [0.2, 0.25) is 0 Å². The molecule has 1 aromatic heterocycles. The van der Waals surface area contributed by atoms with Gasteiger partial charge in [-0.15, -0.1) is 0 Å². The molecule has 2 aromatic rings.